The Morgan fingerprint density at radius 1 is 1.09 bits per heavy atom. The van der Waals surface area contributed by atoms with E-state index in [4.69, 9.17) is 13.9 Å². The van der Waals surface area contributed by atoms with E-state index in [2.05, 4.69) is 0 Å². The van der Waals surface area contributed by atoms with Crippen LogP contribution in [0.5, 0.6) is 5.75 Å². The van der Waals surface area contributed by atoms with Gasteiger partial charge in [0.15, 0.2) is 0 Å². The van der Waals surface area contributed by atoms with Crippen LogP contribution in [0.1, 0.15) is 56.4 Å². The molecule has 2 heterocycles. The number of ketones is 1. The standard InChI is InChI=1S/C25H31NO6/c1-14(2)30-12-11-26-22(20-9-7-17(6)32-20)21(24(28)25(26)29)23(27)18-8-10-19(16(5)13-18)31-15(3)4/h7-10,13-15,22,27H,11-12H2,1-6H3/b23-21-. The second kappa shape index (κ2) is 9.61. The minimum Gasteiger partial charge on any atom is -0.507 e. The number of Topliss-reactive ketones (excluding diaryl/α,β-unsaturated/α-hetero) is 1. The Balaban J connectivity index is 2.05. The van der Waals surface area contributed by atoms with Gasteiger partial charge in [0.25, 0.3) is 11.7 Å². The van der Waals surface area contributed by atoms with Gasteiger partial charge in [-0.25, -0.2) is 0 Å². The van der Waals surface area contributed by atoms with Gasteiger partial charge in [0, 0.05) is 12.1 Å². The van der Waals surface area contributed by atoms with Crippen molar-refractivity contribution in [2.45, 2.75) is 59.8 Å². The molecule has 1 aromatic carbocycles. The number of benzene rings is 1. The Kier molecular flexibility index (Phi) is 7.09. The molecule has 1 saturated heterocycles. The molecule has 0 radical (unpaired) electrons. The van der Waals surface area contributed by atoms with Crippen LogP contribution in [0.4, 0.5) is 0 Å². The van der Waals surface area contributed by atoms with Gasteiger partial charge >= 0.3 is 0 Å². The Bertz CT molecular complexity index is 1030. The fraction of sp³-hybridized carbons (Fsp3) is 0.440. The predicted octanol–water partition coefficient (Wildman–Crippen LogP) is 4.53. The number of nitrogens with zero attached hydrogens (tertiary/aromatic N) is 1. The molecule has 1 unspecified atom stereocenters. The smallest absolute Gasteiger partial charge is 0.295 e. The molecule has 0 spiro atoms. The summed E-state index contributed by atoms with van der Waals surface area (Å²) in [5, 5.41) is 11.1. The highest BCUT2D eigenvalue weighted by atomic mass is 16.5. The van der Waals surface area contributed by atoms with Gasteiger partial charge in [-0.15, -0.1) is 0 Å². The number of carbonyl (C=O) groups is 2. The lowest BCUT2D eigenvalue weighted by molar-refractivity contribution is -0.140. The summed E-state index contributed by atoms with van der Waals surface area (Å²) in [6.45, 7) is 11.8. The molecule has 1 atom stereocenters. The van der Waals surface area contributed by atoms with Crippen LogP contribution >= 0.6 is 0 Å². The summed E-state index contributed by atoms with van der Waals surface area (Å²) >= 11 is 0. The fourth-order valence-corrected chi connectivity index (χ4v) is 3.73. The quantitative estimate of drug-likeness (QED) is 0.368. The number of hydrogen-bond acceptors (Lipinski definition) is 6. The first-order valence-electron chi connectivity index (χ1n) is 10.8. The summed E-state index contributed by atoms with van der Waals surface area (Å²) in [6, 6.07) is 7.84. The number of aliphatic hydroxyl groups excluding tert-OH is 1. The number of aryl methyl sites for hydroxylation is 2. The van der Waals surface area contributed by atoms with Crippen molar-refractivity contribution in [1.29, 1.82) is 0 Å². The van der Waals surface area contributed by atoms with Gasteiger partial charge in [-0.1, -0.05) is 0 Å². The maximum Gasteiger partial charge on any atom is 0.295 e. The van der Waals surface area contributed by atoms with Gasteiger partial charge in [0.1, 0.15) is 29.1 Å². The van der Waals surface area contributed by atoms with Crippen molar-refractivity contribution >= 4 is 17.4 Å². The summed E-state index contributed by atoms with van der Waals surface area (Å²) in [5.41, 5.74) is 1.25. The lowest BCUT2D eigenvalue weighted by Crippen LogP contribution is -2.33. The van der Waals surface area contributed by atoms with Gasteiger partial charge in [-0.3, -0.25) is 9.59 Å². The number of carbonyl (C=O) groups excluding carboxylic acids is 2. The number of aliphatic hydroxyl groups is 1. The lowest BCUT2D eigenvalue weighted by Gasteiger charge is -2.23. The highest BCUT2D eigenvalue weighted by molar-refractivity contribution is 6.46. The third kappa shape index (κ3) is 4.88. The molecule has 1 fully saturated rings. The highest BCUT2D eigenvalue weighted by Crippen LogP contribution is 2.40. The van der Waals surface area contributed by atoms with Crippen molar-refractivity contribution in [1.82, 2.24) is 4.90 Å². The third-order valence-electron chi connectivity index (χ3n) is 5.17. The average Bonchev–Trinajstić information content (AvgIpc) is 3.24. The number of furan rings is 1. The van der Waals surface area contributed by atoms with E-state index in [1.165, 1.54) is 4.90 Å². The van der Waals surface area contributed by atoms with Gasteiger partial charge < -0.3 is 23.9 Å². The van der Waals surface area contributed by atoms with Crippen molar-refractivity contribution in [3.63, 3.8) is 0 Å². The number of hydrogen-bond donors (Lipinski definition) is 1. The molecule has 0 bridgehead atoms. The Hall–Kier alpha value is -3.06. The largest absolute Gasteiger partial charge is 0.507 e. The molecule has 0 aliphatic carbocycles. The zero-order chi connectivity index (χ0) is 23.6. The van der Waals surface area contributed by atoms with Crippen molar-refractivity contribution in [3.8, 4) is 5.75 Å². The fourth-order valence-electron chi connectivity index (χ4n) is 3.73. The summed E-state index contributed by atoms with van der Waals surface area (Å²) in [4.78, 5) is 27.3. The SMILES string of the molecule is Cc1ccc(C2/C(=C(/O)c3ccc(OC(C)C)c(C)c3)C(=O)C(=O)N2CCOC(C)C)o1. The van der Waals surface area contributed by atoms with Crippen LogP contribution in [0.3, 0.4) is 0 Å². The van der Waals surface area contributed by atoms with Crippen LogP contribution in [0, 0.1) is 13.8 Å². The van der Waals surface area contributed by atoms with Gasteiger partial charge in [-0.2, -0.15) is 0 Å². The lowest BCUT2D eigenvalue weighted by atomic mass is 9.98. The first-order chi connectivity index (χ1) is 15.1. The summed E-state index contributed by atoms with van der Waals surface area (Å²) in [7, 11) is 0. The molecule has 7 nitrogen and oxygen atoms in total. The highest BCUT2D eigenvalue weighted by Gasteiger charge is 2.47. The van der Waals surface area contributed by atoms with E-state index in [1.54, 1.807) is 37.3 Å². The molecule has 2 aromatic rings. The Labute approximate surface area is 188 Å². The molecule has 32 heavy (non-hydrogen) atoms. The second-order valence-corrected chi connectivity index (χ2v) is 8.51. The Morgan fingerprint density at radius 3 is 2.38 bits per heavy atom. The van der Waals surface area contributed by atoms with E-state index >= 15 is 0 Å². The molecule has 0 saturated carbocycles. The summed E-state index contributed by atoms with van der Waals surface area (Å²) < 4.78 is 17.1. The Morgan fingerprint density at radius 2 is 1.81 bits per heavy atom. The maximum absolute atomic E-state index is 13.0. The molecule has 3 rings (SSSR count). The average molecular weight is 442 g/mol. The first-order valence-corrected chi connectivity index (χ1v) is 10.8. The molecular weight excluding hydrogens is 410 g/mol. The maximum atomic E-state index is 13.0. The van der Waals surface area contributed by atoms with E-state index in [0.29, 0.717) is 22.8 Å². The molecule has 172 valence electrons. The zero-order valence-corrected chi connectivity index (χ0v) is 19.5. The van der Waals surface area contributed by atoms with Crippen LogP contribution in [-0.2, 0) is 14.3 Å². The molecule has 7 heteroatoms. The van der Waals surface area contributed by atoms with Gasteiger partial charge in [-0.05, 0) is 77.4 Å². The van der Waals surface area contributed by atoms with Crippen LogP contribution in [0.15, 0.2) is 40.3 Å². The predicted molar refractivity (Wildman–Crippen MR) is 120 cm³/mol. The van der Waals surface area contributed by atoms with E-state index < -0.39 is 17.7 Å². The zero-order valence-electron chi connectivity index (χ0n) is 19.5. The summed E-state index contributed by atoms with van der Waals surface area (Å²) in [5.74, 6) is 0.0926. The topological polar surface area (TPSA) is 89.2 Å². The second-order valence-electron chi connectivity index (χ2n) is 8.51. The van der Waals surface area contributed by atoms with Gasteiger partial charge in [0.2, 0.25) is 0 Å². The summed E-state index contributed by atoms with van der Waals surface area (Å²) in [6.07, 6.45) is -0.000557. The van der Waals surface area contributed by atoms with E-state index in [1.807, 2.05) is 34.6 Å². The van der Waals surface area contributed by atoms with Crippen LogP contribution < -0.4 is 4.74 Å². The van der Waals surface area contributed by atoms with E-state index in [-0.39, 0.29) is 36.7 Å². The van der Waals surface area contributed by atoms with E-state index in [0.717, 1.165) is 5.56 Å². The minimum atomic E-state index is -0.827. The normalized spacial score (nSPS) is 18.2. The van der Waals surface area contributed by atoms with Crippen molar-refractivity contribution < 1.29 is 28.6 Å². The van der Waals surface area contributed by atoms with Crippen LogP contribution in [0.25, 0.3) is 5.76 Å². The van der Waals surface area contributed by atoms with Crippen molar-refractivity contribution in [2.75, 3.05) is 13.2 Å². The molecule has 1 aromatic heterocycles. The number of rotatable bonds is 8. The van der Waals surface area contributed by atoms with Gasteiger partial charge in [0.05, 0.1) is 24.4 Å². The minimum absolute atomic E-state index is 0.00539. The van der Waals surface area contributed by atoms with E-state index in [9.17, 15) is 14.7 Å². The molecule has 1 amide bonds. The van der Waals surface area contributed by atoms with Crippen LogP contribution in [0.2, 0.25) is 0 Å². The number of likely N-dealkylation sites (tertiary alicyclic amines) is 1. The number of ether oxygens (including phenoxy) is 2. The first kappa shape index (κ1) is 23.6. The third-order valence-corrected chi connectivity index (χ3v) is 5.17. The monoisotopic (exact) mass is 441 g/mol. The number of amides is 1. The van der Waals surface area contributed by atoms with Crippen molar-refractivity contribution in [3.05, 3.63) is 58.6 Å². The van der Waals surface area contributed by atoms with Crippen molar-refractivity contribution in [2.24, 2.45) is 0 Å². The molecule has 1 N–H and O–H groups in total. The molecule has 1 aliphatic rings. The molecular formula is C25H31NO6. The molecule has 1 aliphatic heterocycles. The van der Waals surface area contributed by atoms with Crippen LogP contribution in [-0.4, -0.2) is 47.1 Å².